The minimum atomic E-state index is -0.275. The highest BCUT2D eigenvalue weighted by Crippen LogP contribution is 2.35. The van der Waals surface area contributed by atoms with Gasteiger partial charge in [-0.2, -0.15) is 5.10 Å². The number of aromatic amines is 2. The molecule has 0 atom stereocenters. The van der Waals surface area contributed by atoms with E-state index in [-0.39, 0.29) is 5.82 Å². The lowest BCUT2D eigenvalue weighted by Gasteiger charge is -2.13. The molecule has 4 aromatic heterocycles. The van der Waals surface area contributed by atoms with Gasteiger partial charge in [0.15, 0.2) is 0 Å². The largest absolute Gasteiger partial charge is 0.384 e. The summed E-state index contributed by atoms with van der Waals surface area (Å²) < 4.78 is 16.6. The molecule has 0 amide bonds. The average Bonchev–Trinajstić information content (AvgIpc) is 3.59. The number of aryl methyl sites for hydroxylation is 1. The molecule has 0 saturated heterocycles. The van der Waals surface area contributed by atoms with E-state index in [0.717, 1.165) is 80.4 Å². The second-order valence-electron chi connectivity index (χ2n) is 9.82. The molecule has 6 rings (SSSR count). The Morgan fingerprint density at radius 3 is 2.71 bits per heavy atom. The molecule has 0 bridgehead atoms. The summed E-state index contributed by atoms with van der Waals surface area (Å²) in [5.74, 6) is 0.647. The number of pyridine rings is 1. The molecule has 0 aliphatic rings. The second-order valence-corrected chi connectivity index (χ2v) is 9.82. The van der Waals surface area contributed by atoms with Crippen LogP contribution in [-0.2, 0) is 7.05 Å². The third-order valence-electron chi connectivity index (χ3n) is 6.91. The molecule has 2 aromatic carbocycles. The van der Waals surface area contributed by atoms with Crippen molar-refractivity contribution in [2.45, 2.75) is 6.92 Å². The molecule has 0 radical (unpaired) electrons. The Bertz CT molecular complexity index is 1770. The van der Waals surface area contributed by atoms with Crippen molar-refractivity contribution in [2.75, 3.05) is 32.5 Å². The third kappa shape index (κ3) is 4.31. The molecule has 0 unspecified atom stereocenters. The van der Waals surface area contributed by atoms with E-state index in [1.54, 1.807) is 6.07 Å². The van der Waals surface area contributed by atoms with Crippen molar-refractivity contribution >= 4 is 27.6 Å². The number of nitrogens with one attached hydrogen (secondary N) is 3. The van der Waals surface area contributed by atoms with Crippen LogP contribution in [0, 0.1) is 12.7 Å². The maximum Gasteiger partial charge on any atom is 0.135 e. The van der Waals surface area contributed by atoms with Gasteiger partial charge in [0.1, 0.15) is 22.9 Å². The minimum absolute atomic E-state index is 0.275. The first-order valence-electron chi connectivity index (χ1n) is 12.5. The van der Waals surface area contributed by atoms with Gasteiger partial charge in [0, 0.05) is 36.7 Å². The van der Waals surface area contributed by atoms with Gasteiger partial charge in [0.25, 0.3) is 0 Å². The van der Waals surface area contributed by atoms with Gasteiger partial charge in [-0.15, -0.1) is 0 Å². The van der Waals surface area contributed by atoms with Gasteiger partial charge in [-0.05, 0) is 74.6 Å². The monoisotopic (exact) mass is 508 g/mol. The van der Waals surface area contributed by atoms with E-state index >= 15 is 0 Å². The number of fused-ring (bicyclic) bond motifs is 2. The number of H-pyrrole nitrogens is 2. The van der Waals surface area contributed by atoms with Crippen LogP contribution < -0.4 is 5.32 Å². The fraction of sp³-hybridized carbons (Fsp3) is 0.207. The number of anilines is 1. The number of halogens is 1. The van der Waals surface area contributed by atoms with E-state index in [4.69, 9.17) is 4.98 Å². The van der Waals surface area contributed by atoms with E-state index in [1.807, 2.05) is 75.2 Å². The first kappa shape index (κ1) is 23.9. The van der Waals surface area contributed by atoms with Gasteiger partial charge in [-0.3, -0.25) is 5.10 Å². The quantitative estimate of drug-likeness (QED) is 0.261. The van der Waals surface area contributed by atoms with Gasteiger partial charge in [-0.25, -0.2) is 14.4 Å². The number of nitrogens with zero attached hydrogens (tertiary/aromatic N) is 5. The Labute approximate surface area is 219 Å². The Morgan fingerprint density at radius 1 is 1.05 bits per heavy atom. The van der Waals surface area contributed by atoms with Crippen LogP contribution in [0.15, 0.2) is 60.8 Å². The summed E-state index contributed by atoms with van der Waals surface area (Å²) in [6, 6.07) is 17.1. The third-order valence-corrected chi connectivity index (χ3v) is 6.91. The van der Waals surface area contributed by atoms with Crippen molar-refractivity contribution in [1.29, 1.82) is 0 Å². The van der Waals surface area contributed by atoms with Gasteiger partial charge >= 0.3 is 0 Å². The molecule has 4 heterocycles. The molecule has 0 saturated carbocycles. The van der Waals surface area contributed by atoms with Crippen LogP contribution in [0.2, 0.25) is 0 Å². The highest BCUT2D eigenvalue weighted by molar-refractivity contribution is 6.00. The minimum Gasteiger partial charge on any atom is -0.384 e. The lowest BCUT2D eigenvalue weighted by molar-refractivity contribution is 0.425. The summed E-state index contributed by atoms with van der Waals surface area (Å²) in [6.07, 6.45) is 1.83. The predicted octanol–water partition coefficient (Wildman–Crippen LogP) is 5.59. The molecule has 38 heavy (non-hydrogen) atoms. The standard InChI is InChI=1S/C29H29FN8/c1-17-32-16-27(38(17)4)24-8-9-25-28(34-24)29(36-35-25)26-15-22-21(6-5-7-23(22)33-26)18-12-19(30)14-20(13-18)31-10-11-37(2)3/h5-9,12-16,31,33H,10-11H2,1-4H3,(H,35,36). The number of hydrogen-bond acceptors (Lipinski definition) is 5. The summed E-state index contributed by atoms with van der Waals surface area (Å²) in [7, 11) is 6.01. The van der Waals surface area contributed by atoms with Crippen LogP contribution in [0.25, 0.3) is 55.8 Å². The zero-order valence-corrected chi connectivity index (χ0v) is 21.8. The maximum atomic E-state index is 14.6. The molecular weight excluding hydrogens is 479 g/mol. The van der Waals surface area contributed by atoms with Crippen molar-refractivity contribution in [2.24, 2.45) is 7.05 Å². The zero-order chi connectivity index (χ0) is 26.4. The smallest absolute Gasteiger partial charge is 0.135 e. The SMILES string of the molecule is Cc1ncc(-c2ccc3[nH]nc(-c4cc5c(-c6cc(F)cc(NCCN(C)C)c6)cccc5[nH]4)c3n2)n1C. The van der Waals surface area contributed by atoms with E-state index in [2.05, 4.69) is 36.4 Å². The molecule has 6 aromatic rings. The normalized spacial score (nSPS) is 11.7. The van der Waals surface area contributed by atoms with Gasteiger partial charge in [0.05, 0.1) is 28.8 Å². The molecule has 0 spiro atoms. The Hall–Kier alpha value is -4.50. The fourth-order valence-corrected chi connectivity index (χ4v) is 4.77. The van der Waals surface area contributed by atoms with Crippen LogP contribution in [0.4, 0.5) is 10.1 Å². The Kier molecular flexibility index (Phi) is 5.92. The summed E-state index contributed by atoms with van der Waals surface area (Å²) in [6.45, 7) is 3.55. The van der Waals surface area contributed by atoms with Crippen LogP contribution >= 0.6 is 0 Å². The molecule has 0 fully saturated rings. The van der Waals surface area contributed by atoms with E-state index in [1.165, 1.54) is 6.07 Å². The lowest BCUT2D eigenvalue weighted by Crippen LogP contribution is -2.20. The zero-order valence-electron chi connectivity index (χ0n) is 21.8. The molecule has 0 aliphatic heterocycles. The van der Waals surface area contributed by atoms with Crippen LogP contribution in [0.5, 0.6) is 0 Å². The fourth-order valence-electron chi connectivity index (χ4n) is 4.77. The van der Waals surface area contributed by atoms with Crippen molar-refractivity contribution in [3.8, 4) is 33.9 Å². The summed E-state index contributed by atoms with van der Waals surface area (Å²) in [5, 5.41) is 12.0. The topological polar surface area (TPSA) is 90.4 Å². The van der Waals surface area contributed by atoms with Crippen molar-refractivity contribution in [1.82, 2.24) is 34.6 Å². The van der Waals surface area contributed by atoms with Crippen molar-refractivity contribution < 1.29 is 4.39 Å². The molecule has 8 nitrogen and oxygen atoms in total. The van der Waals surface area contributed by atoms with Crippen LogP contribution in [0.3, 0.4) is 0 Å². The summed E-state index contributed by atoms with van der Waals surface area (Å²) in [5.41, 5.74) is 8.41. The van der Waals surface area contributed by atoms with E-state index in [9.17, 15) is 4.39 Å². The summed E-state index contributed by atoms with van der Waals surface area (Å²) in [4.78, 5) is 14.9. The first-order chi connectivity index (χ1) is 18.4. The second kappa shape index (κ2) is 9.42. The average molecular weight is 509 g/mol. The highest BCUT2D eigenvalue weighted by Gasteiger charge is 2.17. The Balaban J connectivity index is 1.41. The van der Waals surface area contributed by atoms with Crippen molar-refractivity contribution in [3.05, 3.63) is 72.4 Å². The molecule has 0 aliphatic carbocycles. The molecule has 9 heteroatoms. The van der Waals surface area contributed by atoms with Crippen LogP contribution in [-0.4, -0.2) is 61.8 Å². The van der Waals surface area contributed by atoms with E-state index in [0.29, 0.717) is 0 Å². The number of imidazole rings is 1. The predicted molar refractivity (Wildman–Crippen MR) is 151 cm³/mol. The Morgan fingerprint density at radius 2 is 1.92 bits per heavy atom. The van der Waals surface area contributed by atoms with Gasteiger partial charge in [-0.1, -0.05) is 12.1 Å². The number of aromatic nitrogens is 6. The van der Waals surface area contributed by atoms with Crippen LogP contribution in [0.1, 0.15) is 5.82 Å². The molecular formula is C29H29FN8. The number of likely N-dealkylation sites (N-methyl/N-ethyl adjacent to an activating group) is 1. The number of rotatable bonds is 7. The highest BCUT2D eigenvalue weighted by atomic mass is 19.1. The number of hydrogen-bond donors (Lipinski definition) is 3. The number of benzene rings is 2. The van der Waals surface area contributed by atoms with Crippen molar-refractivity contribution in [3.63, 3.8) is 0 Å². The first-order valence-corrected chi connectivity index (χ1v) is 12.5. The van der Waals surface area contributed by atoms with Gasteiger partial charge < -0.3 is 19.8 Å². The molecule has 3 N–H and O–H groups in total. The molecule has 192 valence electrons. The maximum absolute atomic E-state index is 14.6. The lowest BCUT2D eigenvalue weighted by atomic mass is 10.0. The van der Waals surface area contributed by atoms with Gasteiger partial charge in [0.2, 0.25) is 0 Å². The van der Waals surface area contributed by atoms with E-state index < -0.39 is 0 Å². The summed E-state index contributed by atoms with van der Waals surface area (Å²) >= 11 is 0.